The summed E-state index contributed by atoms with van der Waals surface area (Å²) in [7, 11) is 0. The van der Waals surface area contributed by atoms with Crippen LogP contribution in [0.3, 0.4) is 0 Å². The third-order valence-corrected chi connectivity index (χ3v) is 11.9. The Kier molecular flexibility index (Phi) is 15.3. The summed E-state index contributed by atoms with van der Waals surface area (Å²) in [6.07, 6.45) is -13.1. The average molecular weight is 1120 g/mol. The lowest BCUT2D eigenvalue weighted by Gasteiger charge is -2.27. The number of benzene rings is 5. The van der Waals surface area contributed by atoms with Gasteiger partial charge in [-0.3, -0.25) is 9.79 Å². The molecular weight excluding hydrogens is 1090 g/mol. The number of anilines is 1. The molecule has 3 aliphatic heterocycles. The maximum atomic E-state index is 13.0. The first-order valence-corrected chi connectivity index (χ1v) is 22.1. The zero-order valence-electron chi connectivity index (χ0n) is 33.9. The Labute approximate surface area is 396 Å². The molecule has 21 heteroatoms. The van der Waals surface area contributed by atoms with E-state index < -0.39 is 47.3 Å². The fourth-order valence-electron chi connectivity index (χ4n) is 7.17. The second kappa shape index (κ2) is 20.6. The van der Waals surface area contributed by atoms with E-state index in [2.05, 4.69) is 68.4 Å². The fourth-order valence-corrected chi connectivity index (χ4v) is 8.66. The monoisotopic (exact) mass is 1120 g/mol. The fraction of sp³-hybridized carbons (Fsp3) is 0.267. The van der Waals surface area contributed by atoms with Gasteiger partial charge in [-0.15, -0.1) is 0 Å². The number of nitrogens with one attached hydrogen (secondary N) is 2. The molecular formula is C45H35Br3F9N5O4. The molecule has 1 amide bonds. The van der Waals surface area contributed by atoms with Crippen LogP contribution in [0.4, 0.5) is 45.2 Å². The zero-order chi connectivity index (χ0) is 47.4. The molecule has 3 aliphatic rings. The Bertz CT molecular complexity index is 2730. The van der Waals surface area contributed by atoms with E-state index >= 15 is 0 Å². The SMILES string of the molecule is FC(F)(F)c1cccc([C@H]2COCC(Nc3ccc(Br)cc3Br)=N2)c1.FC(F)(F)c1cccc([C@H]2COCc3nc4ccc(Br)cc4n32)c1.O=C1COC[C@H](c2cccc(C(F)(F)F)c2)N1. The maximum Gasteiger partial charge on any atom is 0.416 e. The molecule has 0 bridgehead atoms. The highest BCUT2D eigenvalue weighted by Gasteiger charge is 2.34. The second-order valence-corrected chi connectivity index (χ2v) is 17.6. The Morgan fingerprint density at radius 2 is 1.18 bits per heavy atom. The summed E-state index contributed by atoms with van der Waals surface area (Å²) in [5, 5.41) is 5.74. The number of amides is 1. The molecule has 0 unspecified atom stereocenters. The van der Waals surface area contributed by atoms with Crippen molar-refractivity contribution in [2.75, 3.05) is 38.4 Å². The molecule has 0 spiro atoms. The zero-order valence-corrected chi connectivity index (χ0v) is 38.6. The topological polar surface area (TPSA) is 99.0 Å². The van der Waals surface area contributed by atoms with Crippen LogP contribution in [0, 0.1) is 0 Å². The largest absolute Gasteiger partial charge is 0.416 e. The van der Waals surface area contributed by atoms with Crippen molar-refractivity contribution >= 4 is 76.3 Å². The summed E-state index contributed by atoms with van der Waals surface area (Å²) >= 11 is 10.3. The van der Waals surface area contributed by atoms with Crippen LogP contribution in [0.5, 0.6) is 0 Å². The Morgan fingerprint density at radius 1 is 0.621 bits per heavy atom. The van der Waals surface area contributed by atoms with Crippen LogP contribution >= 0.6 is 47.8 Å². The van der Waals surface area contributed by atoms with Gasteiger partial charge >= 0.3 is 18.5 Å². The number of rotatable bonds is 4. The minimum Gasteiger partial charge on any atom is -0.371 e. The summed E-state index contributed by atoms with van der Waals surface area (Å²) in [5.41, 5.74) is 1.85. The van der Waals surface area contributed by atoms with Crippen LogP contribution < -0.4 is 10.6 Å². The highest BCUT2D eigenvalue weighted by atomic mass is 79.9. The lowest BCUT2D eigenvalue weighted by atomic mass is 10.0. The molecule has 348 valence electrons. The van der Waals surface area contributed by atoms with Crippen LogP contribution in [0.2, 0.25) is 0 Å². The van der Waals surface area contributed by atoms with E-state index in [4.69, 9.17) is 14.2 Å². The lowest BCUT2D eigenvalue weighted by Crippen LogP contribution is -2.39. The number of aliphatic imine (C=N–C) groups is 1. The molecule has 9 rings (SSSR count). The normalized spacial score (nSPS) is 18.8. The van der Waals surface area contributed by atoms with E-state index in [1.165, 1.54) is 30.3 Å². The van der Waals surface area contributed by atoms with Crippen molar-refractivity contribution in [1.82, 2.24) is 14.9 Å². The molecule has 6 aromatic rings. The number of alkyl halides is 9. The first-order chi connectivity index (χ1) is 31.2. The first kappa shape index (κ1) is 49.1. The predicted molar refractivity (Wildman–Crippen MR) is 238 cm³/mol. The van der Waals surface area contributed by atoms with Gasteiger partial charge in [-0.05, 0) is 105 Å². The van der Waals surface area contributed by atoms with Gasteiger partial charge in [0, 0.05) is 13.4 Å². The van der Waals surface area contributed by atoms with Crippen LogP contribution in [-0.2, 0) is 44.1 Å². The van der Waals surface area contributed by atoms with Gasteiger partial charge in [0.05, 0.1) is 65.3 Å². The van der Waals surface area contributed by atoms with Gasteiger partial charge in [-0.25, -0.2) is 4.98 Å². The number of halogens is 12. The molecule has 9 nitrogen and oxygen atoms in total. The van der Waals surface area contributed by atoms with Crippen molar-refractivity contribution in [3.63, 3.8) is 0 Å². The molecule has 5 aromatic carbocycles. The van der Waals surface area contributed by atoms with Gasteiger partial charge in [0.15, 0.2) is 0 Å². The van der Waals surface area contributed by atoms with E-state index in [0.717, 1.165) is 66.3 Å². The quantitative estimate of drug-likeness (QED) is 0.171. The smallest absolute Gasteiger partial charge is 0.371 e. The number of carbonyl (C=O) groups excluding carboxylic acids is 1. The first-order valence-electron chi connectivity index (χ1n) is 19.7. The number of hydrogen-bond donors (Lipinski definition) is 2. The van der Waals surface area contributed by atoms with E-state index in [-0.39, 0.29) is 38.4 Å². The molecule has 0 saturated carbocycles. The Balaban J connectivity index is 0.000000150. The lowest BCUT2D eigenvalue weighted by molar-refractivity contribution is -0.138. The minimum atomic E-state index is -4.38. The van der Waals surface area contributed by atoms with E-state index in [1.54, 1.807) is 12.1 Å². The molecule has 4 heterocycles. The van der Waals surface area contributed by atoms with Crippen LogP contribution in [0.15, 0.2) is 128 Å². The van der Waals surface area contributed by atoms with Gasteiger partial charge in [0.1, 0.15) is 37.5 Å². The third kappa shape index (κ3) is 12.4. The molecule has 1 fully saturated rings. The van der Waals surface area contributed by atoms with Crippen LogP contribution in [-0.4, -0.2) is 54.3 Å². The summed E-state index contributed by atoms with van der Waals surface area (Å²) in [6.45, 7) is 1.32. The van der Waals surface area contributed by atoms with E-state index in [9.17, 15) is 44.3 Å². The molecule has 1 aromatic heterocycles. The van der Waals surface area contributed by atoms with Gasteiger partial charge in [-0.2, -0.15) is 39.5 Å². The molecule has 0 aliphatic carbocycles. The van der Waals surface area contributed by atoms with Gasteiger partial charge < -0.3 is 29.4 Å². The number of amidine groups is 1. The van der Waals surface area contributed by atoms with Crippen molar-refractivity contribution in [3.05, 3.63) is 162 Å². The van der Waals surface area contributed by atoms with Crippen molar-refractivity contribution in [2.24, 2.45) is 4.99 Å². The Hall–Kier alpha value is -4.80. The standard InChI is InChI=1S/C17H13Br2F3N2O.C17H12BrF3N2O.C11H10F3NO2/c18-12-4-5-14(13(19)7-12)23-16-9-25-8-15(24-16)10-2-1-3-11(6-10)17(20,21)22;18-12-4-5-13-14(7-12)23-15(8-24-9-16(23)22-13)10-2-1-3-11(6-10)17(19,20)21;12-11(13,14)8-3-1-2-7(4-8)9-5-17-6-10(16)15-9/h1-7,15H,8-9H2,(H,23,24);1-7,15H,8-9H2;1-4,9H,5-6H2,(H,15,16)/t2*15-;9-/m111/s1. The number of imidazole rings is 1. The number of nitrogens with zero attached hydrogens (tertiary/aromatic N) is 3. The van der Waals surface area contributed by atoms with Gasteiger partial charge in [-0.1, -0.05) is 68.3 Å². The third-order valence-electron chi connectivity index (χ3n) is 10.2. The van der Waals surface area contributed by atoms with Crippen molar-refractivity contribution in [2.45, 2.75) is 43.3 Å². The maximum absolute atomic E-state index is 13.0. The Morgan fingerprint density at radius 3 is 1.82 bits per heavy atom. The molecule has 3 atom stereocenters. The summed E-state index contributed by atoms with van der Waals surface area (Å²) in [6, 6.07) is 25.5. The second-order valence-electron chi connectivity index (χ2n) is 14.9. The number of ether oxygens (including phenoxy) is 3. The predicted octanol–water partition coefficient (Wildman–Crippen LogP) is 12.6. The van der Waals surface area contributed by atoms with Gasteiger partial charge in [0.2, 0.25) is 5.91 Å². The number of carbonyl (C=O) groups is 1. The molecule has 0 radical (unpaired) electrons. The number of fused-ring (bicyclic) bond motifs is 3. The van der Waals surface area contributed by atoms with Crippen LogP contribution in [0.25, 0.3) is 11.0 Å². The highest BCUT2D eigenvalue weighted by Crippen LogP contribution is 2.37. The van der Waals surface area contributed by atoms with Crippen molar-refractivity contribution in [3.8, 4) is 0 Å². The molecule has 2 N–H and O–H groups in total. The minimum absolute atomic E-state index is 0.0462. The van der Waals surface area contributed by atoms with E-state index in [0.29, 0.717) is 35.7 Å². The summed E-state index contributed by atoms with van der Waals surface area (Å²) in [4.78, 5) is 20.1. The molecule has 1 saturated heterocycles. The van der Waals surface area contributed by atoms with Gasteiger partial charge in [0.25, 0.3) is 0 Å². The van der Waals surface area contributed by atoms with Crippen LogP contribution in [0.1, 0.15) is 57.3 Å². The number of hydrogen-bond acceptors (Lipinski definition) is 7. The number of morpholine rings is 1. The van der Waals surface area contributed by atoms with Crippen molar-refractivity contribution in [1.29, 1.82) is 0 Å². The molecule has 66 heavy (non-hydrogen) atoms. The van der Waals surface area contributed by atoms with Crippen molar-refractivity contribution < 1.29 is 58.5 Å². The summed E-state index contributed by atoms with van der Waals surface area (Å²) in [5.74, 6) is 0.965. The van der Waals surface area contributed by atoms with E-state index in [1.807, 2.05) is 41.0 Å². The number of aromatic nitrogens is 2. The average Bonchev–Trinajstić information content (AvgIpc) is 3.65. The highest BCUT2D eigenvalue weighted by molar-refractivity contribution is 9.11. The summed E-state index contributed by atoms with van der Waals surface area (Å²) < 4.78 is 136.